The Hall–Kier alpha value is -2.63. The van der Waals surface area contributed by atoms with Gasteiger partial charge in [0.1, 0.15) is 17.0 Å². The largest absolute Gasteiger partial charge is 0.477 e. The number of hydrogen-bond donors (Lipinski definition) is 1. The molecule has 0 saturated carbocycles. The van der Waals surface area contributed by atoms with Crippen LogP contribution in [-0.4, -0.2) is 25.7 Å². The fourth-order valence-electron chi connectivity index (χ4n) is 1.98. The van der Waals surface area contributed by atoms with Crippen LogP contribution in [0.25, 0.3) is 17.1 Å². The highest BCUT2D eigenvalue weighted by Gasteiger charge is 2.17. The van der Waals surface area contributed by atoms with Crippen molar-refractivity contribution in [3.8, 4) is 11.5 Å². The maximum atomic E-state index is 11.1. The van der Waals surface area contributed by atoms with Gasteiger partial charge >= 0.3 is 5.97 Å². The van der Waals surface area contributed by atoms with Gasteiger partial charge in [-0.1, -0.05) is 0 Å². The Balaban J connectivity index is 2.33. The average molecular weight is 257 g/mol. The van der Waals surface area contributed by atoms with Crippen LogP contribution in [-0.2, 0) is 0 Å². The number of nitrogens with zero attached hydrogens (tertiary/aromatic N) is 3. The number of rotatable bonds is 2. The number of aromatic carboxylic acids is 1. The van der Waals surface area contributed by atoms with Crippen LogP contribution in [0.1, 0.15) is 21.8 Å². The molecule has 0 fully saturated rings. The summed E-state index contributed by atoms with van der Waals surface area (Å²) < 4.78 is 7.05. The van der Waals surface area contributed by atoms with Crippen molar-refractivity contribution in [3.63, 3.8) is 0 Å². The molecular formula is C13H11N3O3. The highest BCUT2D eigenvalue weighted by Crippen LogP contribution is 2.24. The van der Waals surface area contributed by atoms with Gasteiger partial charge in [0.15, 0.2) is 11.4 Å². The lowest BCUT2D eigenvalue weighted by Gasteiger charge is -2.03. The molecule has 0 bridgehead atoms. The minimum atomic E-state index is -1.05. The van der Waals surface area contributed by atoms with E-state index in [0.29, 0.717) is 22.8 Å². The first-order chi connectivity index (χ1) is 9.06. The summed E-state index contributed by atoms with van der Waals surface area (Å²) in [7, 11) is 0. The van der Waals surface area contributed by atoms with Crippen LogP contribution in [0, 0.1) is 13.8 Å². The number of hydrogen-bond acceptors (Lipinski definition) is 4. The van der Waals surface area contributed by atoms with E-state index in [0.717, 1.165) is 5.76 Å². The molecule has 1 N–H and O–H groups in total. The number of aryl methyl sites for hydroxylation is 2. The molecule has 3 aromatic heterocycles. The van der Waals surface area contributed by atoms with Crippen molar-refractivity contribution in [1.82, 2.24) is 14.6 Å². The quantitative estimate of drug-likeness (QED) is 0.761. The molecule has 3 aromatic rings. The fraction of sp³-hybridized carbons (Fsp3) is 0.154. The minimum Gasteiger partial charge on any atom is -0.477 e. The smallest absolute Gasteiger partial charge is 0.341 e. The molecule has 3 heterocycles. The van der Waals surface area contributed by atoms with Crippen LogP contribution in [0.2, 0.25) is 0 Å². The highest BCUT2D eigenvalue weighted by atomic mass is 16.4. The Bertz CT molecular complexity index is 786. The first-order valence-electron chi connectivity index (χ1n) is 5.72. The molecule has 6 nitrogen and oxygen atoms in total. The van der Waals surface area contributed by atoms with Crippen LogP contribution in [0.5, 0.6) is 0 Å². The predicted molar refractivity (Wildman–Crippen MR) is 67.1 cm³/mol. The van der Waals surface area contributed by atoms with Gasteiger partial charge in [0.2, 0.25) is 0 Å². The van der Waals surface area contributed by atoms with Crippen molar-refractivity contribution in [2.45, 2.75) is 13.8 Å². The molecule has 19 heavy (non-hydrogen) atoms. The third kappa shape index (κ3) is 1.77. The van der Waals surface area contributed by atoms with Crippen molar-refractivity contribution in [1.29, 1.82) is 0 Å². The zero-order chi connectivity index (χ0) is 13.6. The molecule has 0 atom stereocenters. The molecule has 0 radical (unpaired) electrons. The van der Waals surface area contributed by atoms with Crippen LogP contribution in [0.4, 0.5) is 0 Å². The van der Waals surface area contributed by atoms with Crippen molar-refractivity contribution in [3.05, 3.63) is 41.4 Å². The first kappa shape index (κ1) is 11.5. The maximum absolute atomic E-state index is 11.1. The van der Waals surface area contributed by atoms with E-state index in [1.54, 1.807) is 6.92 Å². The number of aromatic nitrogens is 3. The monoisotopic (exact) mass is 257 g/mol. The topological polar surface area (TPSA) is 80.6 Å². The van der Waals surface area contributed by atoms with Gasteiger partial charge in [0.05, 0.1) is 6.20 Å². The second kappa shape index (κ2) is 3.94. The van der Waals surface area contributed by atoms with E-state index in [9.17, 15) is 4.79 Å². The summed E-state index contributed by atoms with van der Waals surface area (Å²) >= 11 is 0. The standard InChI is InChI=1S/C13H11N3O3/c1-7-5-10(11-4-3-8(2)19-11)16-12(15-7)9(6-14-16)13(17)18/h3-6H,1-2H3,(H,17,18). The van der Waals surface area contributed by atoms with Crippen LogP contribution in [0.15, 0.2) is 28.8 Å². The van der Waals surface area contributed by atoms with Gasteiger partial charge in [-0.2, -0.15) is 5.10 Å². The van der Waals surface area contributed by atoms with Gasteiger partial charge < -0.3 is 9.52 Å². The van der Waals surface area contributed by atoms with Crippen LogP contribution in [0.3, 0.4) is 0 Å². The van der Waals surface area contributed by atoms with E-state index in [2.05, 4.69) is 10.1 Å². The van der Waals surface area contributed by atoms with Crippen LogP contribution >= 0.6 is 0 Å². The number of furan rings is 1. The van der Waals surface area contributed by atoms with E-state index in [-0.39, 0.29) is 5.56 Å². The summed E-state index contributed by atoms with van der Waals surface area (Å²) in [6, 6.07) is 5.48. The molecule has 0 spiro atoms. The molecule has 6 heteroatoms. The van der Waals surface area contributed by atoms with Gasteiger partial charge in [-0.3, -0.25) is 0 Å². The molecule has 96 valence electrons. The van der Waals surface area contributed by atoms with Crippen molar-refractivity contribution < 1.29 is 14.3 Å². The van der Waals surface area contributed by atoms with Crippen molar-refractivity contribution >= 4 is 11.6 Å². The molecule has 3 rings (SSSR count). The lowest BCUT2D eigenvalue weighted by Crippen LogP contribution is -2.01. The summed E-state index contributed by atoms with van der Waals surface area (Å²) in [5.41, 5.74) is 1.78. The molecular weight excluding hydrogens is 246 g/mol. The van der Waals surface area contributed by atoms with E-state index >= 15 is 0 Å². The second-order valence-corrected chi connectivity index (χ2v) is 4.29. The molecule has 0 aromatic carbocycles. The van der Waals surface area contributed by atoms with Gasteiger partial charge in [0.25, 0.3) is 0 Å². The Labute approximate surface area is 108 Å². The number of carboxylic acid groups (broad SMARTS) is 1. The van der Waals surface area contributed by atoms with E-state index < -0.39 is 5.97 Å². The lowest BCUT2D eigenvalue weighted by atomic mass is 10.2. The lowest BCUT2D eigenvalue weighted by molar-refractivity contribution is 0.0699. The molecule has 0 saturated heterocycles. The minimum absolute atomic E-state index is 0.0771. The number of carbonyl (C=O) groups is 1. The molecule has 0 amide bonds. The predicted octanol–water partition coefficient (Wildman–Crippen LogP) is 2.30. The third-order valence-corrected chi connectivity index (χ3v) is 2.82. The zero-order valence-corrected chi connectivity index (χ0v) is 10.4. The van der Waals surface area contributed by atoms with Crippen molar-refractivity contribution in [2.75, 3.05) is 0 Å². The fourth-order valence-corrected chi connectivity index (χ4v) is 1.98. The van der Waals surface area contributed by atoms with Gasteiger partial charge in [-0.15, -0.1) is 0 Å². The molecule has 0 unspecified atom stereocenters. The number of carboxylic acids is 1. The maximum Gasteiger partial charge on any atom is 0.341 e. The van der Waals surface area contributed by atoms with Crippen molar-refractivity contribution in [2.24, 2.45) is 0 Å². The number of fused-ring (bicyclic) bond motifs is 1. The third-order valence-electron chi connectivity index (χ3n) is 2.82. The first-order valence-corrected chi connectivity index (χ1v) is 5.72. The van der Waals surface area contributed by atoms with Crippen LogP contribution < -0.4 is 0 Å². The Morgan fingerprint density at radius 1 is 1.37 bits per heavy atom. The van der Waals surface area contributed by atoms with Gasteiger partial charge in [-0.25, -0.2) is 14.3 Å². The second-order valence-electron chi connectivity index (χ2n) is 4.29. The molecule has 0 aliphatic rings. The highest BCUT2D eigenvalue weighted by molar-refractivity contribution is 5.94. The summed E-state index contributed by atoms with van der Waals surface area (Å²) in [4.78, 5) is 15.4. The van der Waals surface area contributed by atoms with Gasteiger partial charge in [-0.05, 0) is 32.0 Å². The summed E-state index contributed by atoms with van der Waals surface area (Å²) in [5, 5.41) is 13.2. The zero-order valence-electron chi connectivity index (χ0n) is 10.4. The molecule has 0 aliphatic carbocycles. The normalized spacial score (nSPS) is 11.1. The Kier molecular flexibility index (Phi) is 2.38. The van der Waals surface area contributed by atoms with E-state index in [4.69, 9.17) is 9.52 Å². The van der Waals surface area contributed by atoms with E-state index in [1.165, 1.54) is 10.7 Å². The molecule has 0 aliphatic heterocycles. The van der Waals surface area contributed by atoms with Gasteiger partial charge in [0, 0.05) is 5.69 Å². The summed E-state index contributed by atoms with van der Waals surface area (Å²) in [5.74, 6) is 0.367. The SMILES string of the molecule is Cc1cc(-c2ccc(C)o2)n2ncc(C(=O)O)c2n1. The average Bonchev–Trinajstić information content (AvgIpc) is 2.93. The van der Waals surface area contributed by atoms with E-state index in [1.807, 2.05) is 25.1 Å². The summed E-state index contributed by atoms with van der Waals surface area (Å²) in [6.45, 7) is 3.65. The summed E-state index contributed by atoms with van der Waals surface area (Å²) in [6.07, 6.45) is 1.30. The Morgan fingerprint density at radius 3 is 2.79 bits per heavy atom. The Morgan fingerprint density at radius 2 is 2.16 bits per heavy atom.